The van der Waals surface area contributed by atoms with E-state index in [0.29, 0.717) is 12.8 Å². The highest BCUT2D eigenvalue weighted by molar-refractivity contribution is 5.77. The Bertz CT molecular complexity index is 527. The number of hydrogen-bond donors (Lipinski definition) is 0. The SMILES string of the molecule is COc1cc(CCC(=O)N2CCC2)ccc1OCC(F)(F)F. The van der Waals surface area contributed by atoms with E-state index in [-0.39, 0.29) is 17.4 Å². The van der Waals surface area contributed by atoms with E-state index in [9.17, 15) is 18.0 Å². The number of ether oxygens (including phenoxy) is 2. The predicted octanol–water partition coefficient (Wildman–Crippen LogP) is 2.80. The number of methoxy groups -OCH3 is 1. The topological polar surface area (TPSA) is 38.8 Å². The first kappa shape index (κ1) is 16.5. The van der Waals surface area contributed by atoms with E-state index in [2.05, 4.69) is 0 Å². The fourth-order valence-electron chi connectivity index (χ4n) is 2.12. The van der Waals surface area contributed by atoms with Crippen molar-refractivity contribution < 1.29 is 27.4 Å². The Morgan fingerprint density at radius 2 is 2.00 bits per heavy atom. The van der Waals surface area contributed by atoms with Gasteiger partial charge in [-0.05, 0) is 30.5 Å². The summed E-state index contributed by atoms with van der Waals surface area (Å²) in [6.07, 6.45) is -2.45. The number of nitrogens with zero attached hydrogens (tertiary/aromatic N) is 1. The fourth-order valence-corrected chi connectivity index (χ4v) is 2.12. The summed E-state index contributed by atoms with van der Waals surface area (Å²) in [5.74, 6) is 0.374. The van der Waals surface area contributed by atoms with Crippen LogP contribution in [-0.4, -0.2) is 43.8 Å². The third-order valence-electron chi connectivity index (χ3n) is 3.46. The van der Waals surface area contributed by atoms with Crippen molar-refractivity contribution in [3.05, 3.63) is 23.8 Å². The molecule has 1 aliphatic heterocycles. The lowest BCUT2D eigenvalue weighted by Crippen LogP contribution is -2.42. The minimum absolute atomic E-state index is 0.0395. The zero-order chi connectivity index (χ0) is 16.2. The second kappa shape index (κ2) is 6.89. The van der Waals surface area contributed by atoms with Crippen LogP contribution in [0.4, 0.5) is 13.2 Å². The third-order valence-corrected chi connectivity index (χ3v) is 3.46. The lowest BCUT2D eigenvalue weighted by atomic mass is 10.1. The van der Waals surface area contributed by atoms with Crippen molar-refractivity contribution >= 4 is 5.91 Å². The van der Waals surface area contributed by atoms with E-state index >= 15 is 0 Å². The predicted molar refractivity (Wildman–Crippen MR) is 74.1 cm³/mol. The molecule has 0 radical (unpaired) electrons. The molecular weight excluding hydrogens is 299 g/mol. The van der Waals surface area contributed by atoms with Crippen LogP contribution < -0.4 is 9.47 Å². The number of carbonyl (C=O) groups excluding carboxylic acids is 1. The summed E-state index contributed by atoms with van der Waals surface area (Å²) in [7, 11) is 1.37. The Morgan fingerprint density at radius 3 is 2.55 bits per heavy atom. The molecule has 1 saturated heterocycles. The quantitative estimate of drug-likeness (QED) is 0.810. The van der Waals surface area contributed by atoms with Crippen molar-refractivity contribution in [2.45, 2.75) is 25.4 Å². The van der Waals surface area contributed by atoms with E-state index < -0.39 is 12.8 Å². The molecule has 22 heavy (non-hydrogen) atoms. The summed E-state index contributed by atoms with van der Waals surface area (Å²) < 4.78 is 46.3. The highest BCUT2D eigenvalue weighted by Crippen LogP contribution is 2.30. The van der Waals surface area contributed by atoms with Gasteiger partial charge in [-0.2, -0.15) is 13.2 Å². The van der Waals surface area contributed by atoms with Crippen LogP contribution in [-0.2, 0) is 11.2 Å². The Hall–Kier alpha value is -1.92. The molecule has 0 saturated carbocycles. The van der Waals surface area contributed by atoms with Crippen LogP contribution in [0.2, 0.25) is 0 Å². The molecule has 0 atom stereocenters. The van der Waals surface area contributed by atoms with Crippen molar-refractivity contribution in [3.63, 3.8) is 0 Å². The van der Waals surface area contributed by atoms with Crippen molar-refractivity contribution in [1.82, 2.24) is 4.90 Å². The molecule has 0 unspecified atom stereocenters. The summed E-state index contributed by atoms with van der Waals surface area (Å²) in [5.41, 5.74) is 0.824. The molecule has 1 amide bonds. The van der Waals surface area contributed by atoms with Gasteiger partial charge in [0.25, 0.3) is 0 Å². The van der Waals surface area contributed by atoms with Gasteiger partial charge in [0.15, 0.2) is 18.1 Å². The maximum absolute atomic E-state index is 12.2. The number of benzene rings is 1. The zero-order valence-electron chi connectivity index (χ0n) is 12.3. The second-order valence-electron chi connectivity index (χ2n) is 5.12. The number of aryl methyl sites for hydroxylation is 1. The van der Waals surface area contributed by atoms with E-state index in [0.717, 1.165) is 25.1 Å². The van der Waals surface area contributed by atoms with E-state index in [1.807, 2.05) is 0 Å². The average Bonchev–Trinajstić information content (AvgIpc) is 2.40. The molecule has 0 aromatic heterocycles. The van der Waals surface area contributed by atoms with E-state index in [1.54, 1.807) is 17.0 Å². The molecule has 0 N–H and O–H groups in total. The average molecular weight is 317 g/mol. The number of amides is 1. The van der Waals surface area contributed by atoms with Crippen LogP contribution in [0.25, 0.3) is 0 Å². The van der Waals surface area contributed by atoms with Crippen LogP contribution in [0.1, 0.15) is 18.4 Å². The van der Waals surface area contributed by atoms with Crippen LogP contribution in [0.15, 0.2) is 18.2 Å². The molecule has 1 aromatic rings. The van der Waals surface area contributed by atoms with Gasteiger partial charge < -0.3 is 14.4 Å². The van der Waals surface area contributed by atoms with Gasteiger partial charge in [-0.25, -0.2) is 0 Å². The molecular formula is C15H18F3NO3. The van der Waals surface area contributed by atoms with Gasteiger partial charge in [-0.3, -0.25) is 4.79 Å². The summed E-state index contributed by atoms with van der Waals surface area (Å²) in [6, 6.07) is 4.70. The number of rotatable bonds is 6. The minimum Gasteiger partial charge on any atom is -0.493 e. The highest BCUT2D eigenvalue weighted by atomic mass is 19.4. The Balaban J connectivity index is 1.94. The van der Waals surface area contributed by atoms with Crippen LogP contribution in [0.5, 0.6) is 11.5 Å². The first-order chi connectivity index (χ1) is 10.4. The molecule has 0 spiro atoms. The number of hydrogen-bond acceptors (Lipinski definition) is 3. The summed E-state index contributed by atoms with van der Waals surface area (Å²) >= 11 is 0. The van der Waals surface area contributed by atoms with Gasteiger partial charge in [-0.15, -0.1) is 0 Å². The van der Waals surface area contributed by atoms with Crippen molar-refractivity contribution in [2.24, 2.45) is 0 Å². The maximum atomic E-state index is 12.2. The smallest absolute Gasteiger partial charge is 0.422 e. The summed E-state index contributed by atoms with van der Waals surface area (Å²) in [5, 5.41) is 0. The molecule has 1 heterocycles. The molecule has 0 aliphatic carbocycles. The highest BCUT2D eigenvalue weighted by Gasteiger charge is 2.29. The molecule has 122 valence electrons. The van der Waals surface area contributed by atoms with Crippen LogP contribution in [0.3, 0.4) is 0 Å². The van der Waals surface area contributed by atoms with Crippen LogP contribution in [0, 0.1) is 0 Å². The van der Waals surface area contributed by atoms with Gasteiger partial charge in [-0.1, -0.05) is 6.07 Å². The lowest BCUT2D eigenvalue weighted by Gasteiger charge is -2.30. The van der Waals surface area contributed by atoms with Gasteiger partial charge in [0, 0.05) is 19.5 Å². The normalized spacial score (nSPS) is 14.5. The molecule has 1 aliphatic rings. The monoisotopic (exact) mass is 317 g/mol. The molecule has 0 bridgehead atoms. The van der Waals surface area contributed by atoms with Crippen molar-refractivity contribution in [2.75, 3.05) is 26.8 Å². The summed E-state index contributed by atoms with van der Waals surface area (Å²) in [4.78, 5) is 13.6. The first-order valence-corrected chi connectivity index (χ1v) is 7.03. The fraction of sp³-hybridized carbons (Fsp3) is 0.533. The number of carbonyl (C=O) groups is 1. The maximum Gasteiger partial charge on any atom is 0.422 e. The molecule has 4 nitrogen and oxygen atoms in total. The van der Waals surface area contributed by atoms with E-state index in [4.69, 9.17) is 9.47 Å². The van der Waals surface area contributed by atoms with E-state index in [1.165, 1.54) is 13.2 Å². The molecule has 1 fully saturated rings. The Labute approximate surface area is 126 Å². The van der Waals surface area contributed by atoms with Crippen molar-refractivity contribution in [3.8, 4) is 11.5 Å². The molecule has 7 heteroatoms. The van der Waals surface area contributed by atoms with Gasteiger partial charge >= 0.3 is 6.18 Å². The van der Waals surface area contributed by atoms with Gasteiger partial charge in [0.2, 0.25) is 5.91 Å². The summed E-state index contributed by atoms with van der Waals surface area (Å²) in [6.45, 7) is 0.259. The zero-order valence-corrected chi connectivity index (χ0v) is 12.3. The second-order valence-corrected chi connectivity index (χ2v) is 5.12. The Morgan fingerprint density at radius 1 is 1.27 bits per heavy atom. The number of alkyl halides is 3. The van der Waals surface area contributed by atoms with Crippen molar-refractivity contribution in [1.29, 1.82) is 0 Å². The lowest BCUT2D eigenvalue weighted by molar-refractivity contribution is -0.153. The minimum atomic E-state index is -4.40. The number of likely N-dealkylation sites (tertiary alicyclic amines) is 1. The largest absolute Gasteiger partial charge is 0.493 e. The van der Waals surface area contributed by atoms with Gasteiger partial charge in [0.1, 0.15) is 0 Å². The molecule has 2 rings (SSSR count). The number of halogens is 3. The Kier molecular flexibility index (Phi) is 5.15. The standard InChI is InChI=1S/C15H18F3NO3/c1-21-13-9-11(4-6-14(20)19-7-2-8-19)3-5-12(13)22-10-15(16,17)18/h3,5,9H,2,4,6-8,10H2,1H3. The molecule has 1 aromatic carbocycles. The van der Waals surface area contributed by atoms with Crippen LogP contribution >= 0.6 is 0 Å². The third kappa shape index (κ3) is 4.54. The van der Waals surface area contributed by atoms with Gasteiger partial charge in [0.05, 0.1) is 7.11 Å². The first-order valence-electron chi connectivity index (χ1n) is 7.03.